The van der Waals surface area contributed by atoms with E-state index in [4.69, 9.17) is 0 Å². The highest BCUT2D eigenvalue weighted by Crippen LogP contribution is 2.32. The lowest BCUT2D eigenvalue weighted by molar-refractivity contribution is 0.266. The van der Waals surface area contributed by atoms with Crippen molar-refractivity contribution < 1.29 is 0 Å². The van der Waals surface area contributed by atoms with Crippen molar-refractivity contribution in [3.05, 3.63) is 25.3 Å². The second kappa shape index (κ2) is 8.10. The van der Waals surface area contributed by atoms with E-state index in [2.05, 4.69) is 46.9 Å². The van der Waals surface area contributed by atoms with Gasteiger partial charge in [-0.1, -0.05) is 52.7 Å². The summed E-state index contributed by atoms with van der Waals surface area (Å²) in [6, 6.07) is 0. The van der Waals surface area contributed by atoms with E-state index in [1.165, 1.54) is 12.8 Å². The predicted octanol–water partition coefficient (Wildman–Crippen LogP) is 4.83. The molecule has 78 valence electrons. The Morgan fingerprint density at radius 3 is 1.54 bits per heavy atom. The lowest BCUT2D eigenvalue weighted by Crippen LogP contribution is -2.19. The molecule has 0 aromatic rings. The van der Waals surface area contributed by atoms with Gasteiger partial charge in [0.25, 0.3) is 0 Å². The molecule has 0 radical (unpaired) electrons. The van der Waals surface area contributed by atoms with Crippen LogP contribution in [0.25, 0.3) is 0 Å². The van der Waals surface area contributed by atoms with Crippen molar-refractivity contribution in [2.24, 2.45) is 11.3 Å². The van der Waals surface area contributed by atoms with Crippen LogP contribution in [-0.2, 0) is 0 Å². The van der Waals surface area contributed by atoms with E-state index in [0.29, 0.717) is 5.41 Å². The molecule has 0 aliphatic carbocycles. The molecule has 0 unspecified atom stereocenters. The van der Waals surface area contributed by atoms with Crippen molar-refractivity contribution in [2.45, 2.75) is 47.5 Å². The van der Waals surface area contributed by atoms with E-state index in [9.17, 15) is 0 Å². The number of rotatable bonds is 4. The Bertz CT molecular complexity index is 127. The summed E-state index contributed by atoms with van der Waals surface area (Å²) in [7, 11) is 0. The predicted molar refractivity (Wildman–Crippen MR) is 63.9 cm³/mol. The molecule has 0 spiro atoms. The second-order valence-corrected chi connectivity index (χ2v) is 3.95. The van der Waals surface area contributed by atoms with E-state index in [1.807, 2.05) is 6.92 Å². The molecule has 0 aliphatic heterocycles. The Balaban J connectivity index is 0. The normalized spacial score (nSPS) is 10.3. The Hall–Kier alpha value is -0.520. The van der Waals surface area contributed by atoms with Crippen molar-refractivity contribution in [3.8, 4) is 0 Å². The van der Waals surface area contributed by atoms with Crippen molar-refractivity contribution in [2.75, 3.05) is 0 Å². The fraction of sp³-hybridized carbons (Fsp3) is 0.692. The maximum absolute atomic E-state index is 3.85. The summed E-state index contributed by atoms with van der Waals surface area (Å²) < 4.78 is 0. The molecule has 0 saturated carbocycles. The van der Waals surface area contributed by atoms with Crippen LogP contribution in [0.3, 0.4) is 0 Å². The summed E-state index contributed by atoms with van der Waals surface area (Å²) in [6.07, 6.45) is 6.34. The average Bonchev–Trinajstić information content (AvgIpc) is 2.07. The highest BCUT2D eigenvalue weighted by Gasteiger charge is 2.22. The molecule has 0 amide bonds. The summed E-state index contributed by atoms with van der Waals surface area (Å²) in [4.78, 5) is 0. The minimum atomic E-state index is 0.323. The fourth-order valence-corrected chi connectivity index (χ4v) is 1.51. The lowest BCUT2D eigenvalue weighted by Gasteiger charge is -2.29. The first-order valence-electron chi connectivity index (χ1n) is 5.20. The van der Waals surface area contributed by atoms with E-state index in [1.54, 1.807) is 6.08 Å². The van der Waals surface area contributed by atoms with Crippen LogP contribution in [0.5, 0.6) is 0 Å². The average molecular weight is 182 g/mol. The first-order valence-corrected chi connectivity index (χ1v) is 5.20. The molecule has 0 N–H and O–H groups in total. The molecular weight excluding hydrogens is 156 g/mol. The van der Waals surface area contributed by atoms with Crippen LogP contribution < -0.4 is 0 Å². The first-order chi connectivity index (χ1) is 5.99. The zero-order valence-electron chi connectivity index (χ0n) is 10.1. The van der Waals surface area contributed by atoms with Crippen LogP contribution >= 0.6 is 0 Å². The lowest BCUT2D eigenvalue weighted by atomic mass is 9.76. The zero-order chi connectivity index (χ0) is 10.9. The fourth-order valence-electron chi connectivity index (χ4n) is 1.51. The van der Waals surface area contributed by atoms with Gasteiger partial charge in [-0.3, -0.25) is 0 Å². The third-order valence-corrected chi connectivity index (χ3v) is 2.56. The van der Waals surface area contributed by atoms with Crippen LogP contribution in [0.15, 0.2) is 25.3 Å². The van der Waals surface area contributed by atoms with Gasteiger partial charge in [0, 0.05) is 0 Å². The molecule has 0 rings (SSSR count). The Morgan fingerprint density at radius 1 is 1.15 bits per heavy atom. The van der Waals surface area contributed by atoms with E-state index >= 15 is 0 Å². The van der Waals surface area contributed by atoms with Gasteiger partial charge in [-0.2, -0.15) is 0 Å². The molecule has 0 nitrogen and oxygen atoms in total. The van der Waals surface area contributed by atoms with Gasteiger partial charge in [-0.15, -0.1) is 13.2 Å². The molecular formula is C13H26. The highest BCUT2D eigenvalue weighted by molar-refractivity contribution is 4.91. The van der Waals surface area contributed by atoms with Crippen LogP contribution in [-0.4, -0.2) is 0 Å². The first kappa shape index (κ1) is 15.0. The molecule has 0 aromatic carbocycles. The third kappa shape index (κ3) is 6.62. The standard InChI is InChI=1S/C10H20.C3H6/c1-6-9(7-2)10(4,5)8-3;1-3-2/h8-9H,3,6-7H2,1-2,4-5H3;3H,1H2,2H3. The molecule has 13 heavy (non-hydrogen) atoms. The largest absolute Gasteiger partial charge is 0.103 e. The number of hydrogen-bond donors (Lipinski definition) is 0. The van der Waals surface area contributed by atoms with Gasteiger partial charge in [-0.05, 0) is 18.3 Å². The number of hydrogen-bond acceptors (Lipinski definition) is 0. The molecule has 0 fully saturated rings. The van der Waals surface area contributed by atoms with Crippen molar-refractivity contribution >= 4 is 0 Å². The minimum absolute atomic E-state index is 0.323. The maximum atomic E-state index is 3.85. The van der Waals surface area contributed by atoms with E-state index in [-0.39, 0.29) is 0 Å². The zero-order valence-corrected chi connectivity index (χ0v) is 10.1. The Labute approximate surface area is 84.7 Å². The van der Waals surface area contributed by atoms with Crippen molar-refractivity contribution in [3.63, 3.8) is 0 Å². The smallest absolute Gasteiger partial charge is 0.0149 e. The molecule has 0 atom stereocenters. The van der Waals surface area contributed by atoms with Crippen molar-refractivity contribution in [1.82, 2.24) is 0 Å². The monoisotopic (exact) mass is 182 g/mol. The summed E-state index contributed by atoms with van der Waals surface area (Å²) in [5, 5.41) is 0. The Kier molecular flexibility index (Phi) is 9.33. The van der Waals surface area contributed by atoms with Gasteiger partial charge in [-0.25, -0.2) is 0 Å². The Morgan fingerprint density at radius 2 is 1.46 bits per heavy atom. The van der Waals surface area contributed by atoms with Gasteiger partial charge in [0.15, 0.2) is 0 Å². The summed E-state index contributed by atoms with van der Waals surface area (Å²) in [6.45, 7) is 18.1. The minimum Gasteiger partial charge on any atom is -0.103 e. The molecule has 0 heterocycles. The molecule has 0 aliphatic rings. The molecule has 0 bridgehead atoms. The van der Waals surface area contributed by atoms with Gasteiger partial charge < -0.3 is 0 Å². The topological polar surface area (TPSA) is 0 Å². The van der Waals surface area contributed by atoms with Crippen molar-refractivity contribution in [1.29, 1.82) is 0 Å². The highest BCUT2D eigenvalue weighted by atomic mass is 14.3. The van der Waals surface area contributed by atoms with E-state index < -0.39 is 0 Å². The van der Waals surface area contributed by atoms with Crippen LogP contribution in [0, 0.1) is 11.3 Å². The summed E-state index contributed by atoms with van der Waals surface area (Å²) >= 11 is 0. The van der Waals surface area contributed by atoms with Crippen LogP contribution in [0.4, 0.5) is 0 Å². The summed E-state index contributed by atoms with van der Waals surface area (Å²) in [5.41, 5.74) is 0.323. The second-order valence-electron chi connectivity index (χ2n) is 3.95. The van der Waals surface area contributed by atoms with Gasteiger partial charge in [0.2, 0.25) is 0 Å². The van der Waals surface area contributed by atoms with Gasteiger partial charge in [0.05, 0.1) is 0 Å². The van der Waals surface area contributed by atoms with Gasteiger partial charge in [0.1, 0.15) is 0 Å². The quantitative estimate of drug-likeness (QED) is 0.546. The van der Waals surface area contributed by atoms with Crippen LogP contribution in [0.1, 0.15) is 47.5 Å². The van der Waals surface area contributed by atoms with E-state index in [0.717, 1.165) is 5.92 Å². The molecule has 0 heteroatoms. The number of allylic oxidation sites excluding steroid dienone is 2. The maximum Gasteiger partial charge on any atom is -0.0149 e. The van der Waals surface area contributed by atoms with Gasteiger partial charge >= 0.3 is 0 Å². The summed E-state index contributed by atoms with van der Waals surface area (Å²) in [5.74, 6) is 0.796. The molecule has 0 aromatic heterocycles. The molecule has 0 saturated heterocycles. The SMILES string of the molecule is C=CC.C=CC(C)(C)C(CC)CC. The third-order valence-electron chi connectivity index (χ3n) is 2.56. The van der Waals surface area contributed by atoms with Crippen LogP contribution in [0.2, 0.25) is 0 Å².